The van der Waals surface area contributed by atoms with Crippen molar-refractivity contribution < 1.29 is 17.6 Å². The van der Waals surface area contributed by atoms with Crippen LogP contribution in [0.4, 0.5) is 4.39 Å². The van der Waals surface area contributed by atoms with Gasteiger partial charge in [0.05, 0.1) is 10.5 Å². The lowest BCUT2D eigenvalue weighted by Gasteiger charge is -2.06. The van der Waals surface area contributed by atoms with Crippen LogP contribution in [0.1, 0.15) is 22.8 Å². The molecule has 3 nitrogen and oxygen atoms in total. The van der Waals surface area contributed by atoms with Crippen LogP contribution >= 0.6 is 0 Å². The van der Waals surface area contributed by atoms with E-state index in [0.717, 1.165) is 18.4 Å². The first kappa shape index (κ1) is 11.8. The molecule has 0 heterocycles. The fourth-order valence-corrected chi connectivity index (χ4v) is 2.30. The highest BCUT2D eigenvalue weighted by Crippen LogP contribution is 2.20. The Bertz CT molecular complexity index is 518. The lowest BCUT2D eigenvalue weighted by atomic mass is 10.1. The summed E-state index contributed by atoms with van der Waals surface area (Å²) in [5.41, 5.74) is 0.112. The van der Waals surface area contributed by atoms with Gasteiger partial charge in [-0.2, -0.15) is 0 Å². The number of benzene rings is 1. The maximum absolute atomic E-state index is 13.3. The molecule has 0 aliphatic rings. The molecule has 0 radical (unpaired) electrons. The highest BCUT2D eigenvalue weighted by molar-refractivity contribution is 7.90. The van der Waals surface area contributed by atoms with Gasteiger partial charge in [0.15, 0.2) is 15.6 Å². The zero-order valence-corrected chi connectivity index (χ0v) is 9.48. The second-order valence-electron chi connectivity index (χ2n) is 3.43. The van der Waals surface area contributed by atoms with E-state index in [-0.39, 0.29) is 10.5 Å². The first-order chi connectivity index (χ1) is 6.73. The van der Waals surface area contributed by atoms with Gasteiger partial charge in [-0.1, -0.05) is 0 Å². The topological polar surface area (TPSA) is 51.2 Å². The quantitative estimate of drug-likeness (QED) is 0.574. The van der Waals surface area contributed by atoms with Gasteiger partial charge >= 0.3 is 0 Å². The summed E-state index contributed by atoms with van der Waals surface area (Å²) < 4.78 is 35.9. The summed E-state index contributed by atoms with van der Waals surface area (Å²) in [6, 6.07) is 2.15. The molecule has 0 saturated heterocycles. The molecule has 0 spiro atoms. The van der Waals surface area contributed by atoms with Gasteiger partial charge in [0.25, 0.3) is 0 Å². The van der Waals surface area contributed by atoms with E-state index in [4.69, 9.17) is 0 Å². The molecule has 0 bridgehead atoms. The van der Waals surface area contributed by atoms with E-state index in [0.29, 0.717) is 5.56 Å². The minimum absolute atomic E-state index is 0.00546. The van der Waals surface area contributed by atoms with Crippen molar-refractivity contribution >= 4 is 15.6 Å². The highest BCUT2D eigenvalue weighted by atomic mass is 32.2. The summed E-state index contributed by atoms with van der Waals surface area (Å²) in [5, 5.41) is 0. The number of hydrogen-bond acceptors (Lipinski definition) is 3. The maximum atomic E-state index is 13.3. The number of ketones is 1. The third kappa shape index (κ3) is 2.41. The number of sulfone groups is 1. The van der Waals surface area contributed by atoms with Crippen molar-refractivity contribution in [1.29, 1.82) is 0 Å². The normalized spacial score (nSPS) is 11.5. The van der Waals surface area contributed by atoms with Crippen molar-refractivity contribution in [2.24, 2.45) is 0 Å². The van der Waals surface area contributed by atoms with Crippen LogP contribution in [0.15, 0.2) is 17.0 Å². The zero-order valence-electron chi connectivity index (χ0n) is 8.67. The van der Waals surface area contributed by atoms with Crippen molar-refractivity contribution in [3.63, 3.8) is 0 Å². The number of aryl methyl sites for hydroxylation is 1. The molecule has 1 rings (SSSR count). The SMILES string of the molecule is CC(=O)c1cc(S(C)(=O)=O)c(C)cc1F. The number of halogens is 1. The van der Waals surface area contributed by atoms with Gasteiger partial charge in [0.2, 0.25) is 0 Å². The smallest absolute Gasteiger partial charge is 0.175 e. The summed E-state index contributed by atoms with van der Waals surface area (Å²) in [5.74, 6) is -1.18. The Morgan fingerprint density at radius 2 is 1.87 bits per heavy atom. The molecule has 0 fully saturated rings. The molecule has 0 aliphatic heterocycles. The summed E-state index contributed by atoms with van der Waals surface area (Å²) >= 11 is 0. The van der Waals surface area contributed by atoms with Crippen LogP contribution in [-0.2, 0) is 9.84 Å². The Labute approximate surface area is 87.8 Å². The van der Waals surface area contributed by atoms with Crippen LogP contribution in [0, 0.1) is 12.7 Å². The van der Waals surface area contributed by atoms with Crippen LogP contribution in [0.25, 0.3) is 0 Å². The number of rotatable bonds is 2. The highest BCUT2D eigenvalue weighted by Gasteiger charge is 2.16. The molecule has 1 aromatic carbocycles. The van der Waals surface area contributed by atoms with Crippen molar-refractivity contribution in [3.8, 4) is 0 Å². The molecule has 5 heteroatoms. The van der Waals surface area contributed by atoms with E-state index in [1.807, 2.05) is 0 Å². The van der Waals surface area contributed by atoms with Gasteiger partial charge in [-0.15, -0.1) is 0 Å². The monoisotopic (exact) mass is 230 g/mol. The third-order valence-electron chi connectivity index (χ3n) is 2.04. The van der Waals surface area contributed by atoms with Gasteiger partial charge in [0, 0.05) is 6.26 Å². The van der Waals surface area contributed by atoms with Crippen LogP contribution in [0.2, 0.25) is 0 Å². The minimum atomic E-state index is -3.43. The van der Waals surface area contributed by atoms with E-state index < -0.39 is 21.4 Å². The molecular weight excluding hydrogens is 219 g/mol. The van der Waals surface area contributed by atoms with Crippen molar-refractivity contribution in [3.05, 3.63) is 29.1 Å². The summed E-state index contributed by atoms with van der Waals surface area (Å²) in [6.45, 7) is 2.68. The molecule has 0 aromatic heterocycles. The molecule has 0 saturated carbocycles. The molecule has 0 unspecified atom stereocenters. The van der Waals surface area contributed by atoms with E-state index in [2.05, 4.69) is 0 Å². The van der Waals surface area contributed by atoms with Crippen molar-refractivity contribution in [2.45, 2.75) is 18.7 Å². The van der Waals surface area contributed by atoms with Crippen LogP contribution in [0.3, 0.4) is 0 Å². The first-order valence-electron chi connectivity index (χ1n) is 4.24. The number of hydrogen-bond donors (Lipinski definition) is 0. The average molecular weight is 230 g/mol. The number of carbonyl (C=O) groups is 1. The lowest BCUT2D eigenvalue weighted by molar-refractivity contribution is 0.101. The number of carbonyl (C=O) groups excluding carboxylic acids is 1. The van der Waals surface area contributed by atoms with E-state index >= 15 is 0 Å². The fourth-order valence-electron chi connectivity index (χ4n) is 1.32. The molecule has 0 N–H and O–H groups in total. The molecule has 0 aliphatic carbocycles. The Morgan fingerprint density at radius 1 is 1.33 bits per heavy atom. The average Bonchev–Trinajstić information content (AvgIpc) is 2.00. The van der Waals surface area contributed by atoms with Gasteiger partial charge in [-0.05, 0) is 31.5 Å². The van der Waals surface area contributed by atoms with Crippen LogP contribution < -0.4 is 0 Å². The largest absolute Gasteiger partial charge is 0.294 e. The Balaban J connectivity index is 3.58. The molecule has 1 aromatic rings. The van der Waals surface area contributed by atoms with Crippen LogP contribution in [0.5, 0.6) is 0 Å². The Kier molecular flexibility index (Phi) is 2.95. The van der Waals surface area contributed by atoms with E-state index in [9.17, 15) is 17.6 Å². The zero-order chi connectivity index (χ0) is 11.8. The predicted octanol–water partition coefficient (Wildman–Crippen LogP) is 1.74. The van der Waals surface area contributed by atoms with Crippen molar-refractivity contribution in [2.75, 3.05) is 6.26 Å². The van der Waals surface area contributed by atoms with Crippen LogP contribution in [-0.4, -0.2) is 20.5 Å². The second-order valence-corrected chi connectivity index (χ2v) is 5.41. The molecule has 0 amide bonds. The Morgan fingerprint density at radius 3 is 2.27 bits per heavy atom. The predicted molar refractivity (Wildman–Crippen MR) is 54.3 cm³/mol. The molecule has 82 valence electrons. The Hall–Kier alpha value is -1.23. The summed E-state index contributed by atoms with van der Waals surface area (Å²) in [4.78, 5) is 11.0. The van der Waals surface area contributed by atoms with Gasteiger partial charge < -0.3 is 0 Å². The first-order valence-corrected chi connectivity index (χ1v) is 6.13. The summed E-state index contributed by atoms with van der Waals surface area (Å²) in [7, 11) is -3.43. The lowest BCUT2D eigenvalue weighted by Crippen LogP contribution is -2.05. The molecule has 0 atom stereocenters. The maximum Gasteiger partial charge on any atom is 0.175 e. The van der Waals surface area contributed by atoms with Gasteiger partial charge in [-0.3, -0.25) is 4.79 Å². The third-order valence-corrected chi connectivity index (χ3v) is 3.28. The van der Waals surface area contributed by atoms with Gasteiger partial charge in [-0.25, -0.2) is 12.8 Å². The number of Topliss-reactive ketones (excluding diaryl/α,β-unsaturated/α-hetero) is 1. The molecule has 15 heavy (non-hydrogen) atoms. The molecular formula is C10H11FO3S. The van der Waals surface area contributed by atoms with E-state index in [1.165, 1.54) is 13.8 Å². The van der Waals surface area contributed by atoms with Crippen molar-refractivity contribution in [1.82, 2.24) is 0 Å². The standard InChI is InChI=1S/C10H11FO3S/c1-6-4-9(11)8(7(2)12)5-10(6)15(3,13)14/h4-5H,1-3H3. The van der Waals surface area contributed by atoms with E-state index in [1.54, 1.807) is 0 Å². The summed E-state index contributed by atoms with van der Waals surface area (Å²) in [6.07, 6.45) is 1.02. The van der Waals surface area contributed by atoms with Gasteiger partial charge in [0.1, 0.15) is 5.82 Å². The minimum Gasteiger partial charge on any atom is -0.294 e. The fraction of sp³-hybridized carbons (Fsp3) is 0.300. The second kappa shape index (κ2) is 3.73.